The highest BCUT2D eigenvalue weighted by Gasteiger charge is 2.02. The van der Waals surface area contributed by atoms with Gasteiger partial charge in [0.05, 0.1) is 4.90 Å². The second-order valence-electron chi connectivity index (χ2n) is 2.37. The van der Waals surface area contributed by atoms with E-state index in [-0.39, 0.29) is 0 Å². The first kappa shape index (κ1) is 13.1. The first-order valence-corrected chi connectivity index (χ1v) is 6.62. The van der Waals surface area contributed by atoms with E-state index in [1.807, 2.05) is 0 Å². The molecule has 0 unspecified atom stereocenters. The molecule has 1 aromatic carbocycles. The lowest BCUT2D eigenvalue weighted by molar-refractivity contribution is 0.601. The standard InChI is InChI=1S/C7H8O2S.H3NO2S/c1-10(8,9)7-5-3-2-4-6-7;1-4(2)3/h2-6H,1H3;4H,(H2,1,2,3). The molecule has 1 rings (SSSR count). The Morgan fingerprint density at radius 1 is 1.14 bits per heavy atom. The largest absolute Gasteiger partial charge is 0.231 e. The van der Waals surface area contributed by atoms with E-state index >= 15 is 0 Å². The minimum Gasteiger partial charge on any atom is -0.231 e. The van der Waals surface area contributed by atoms with Gasteiger partial charge in [0.2, 0.25) is 0 Å². The number of thiol groups is 1. The highest BCUT2D eigenvalue weighted by molar-refractivity contribution is 7.90. The summed E-state index contributed by atoms with van der Waals surface area (Å²) < 4.78 is 39.3. The van der Waals surface area contributed by atoms with Crippen molar-refractivity contribution in [2.24, 2.45) is 5.14 Å². The van der Waals surface area contributed by atoms with Gasteiger partial charge in [-0.2, -0.15) is 0 Å². The SMILES string of the molecule is CS(=O)(=O)c1ccccc1.N[SH](=O)=O. The molecule has 0 bridgehead atoms. The van der Waals surface area contributed by atoms with Crippen molar-refractivity contribution in [3.05, 3.63) is 30.3 Å². The lowest BCUT2D eigenvalue weighted by atomic mass is 10.4. The van der Waals surface area contributed by atoms with Gasteiger partial charge in [-0.25, -0.2) is 22.0 Å². The van der Waals surface area contributed by atoms with Crippen molar-refractivity contribution in [2.45, 2.75) is 4.90 Å². The monoisotopic (exact) mass is 237 g/mol. The number of benzene rings is 1. The van der Waals surface area contributed by atoms with E-state index in [9.17, 15) is 8.42 Å². The second-order valence-corrected chi connectivity index (χ2v) is 4.96. The van der Waals surface area contributed by atoms with Gasteiger partial charge in [-0.1, -0.05) is 18.2 Å². The number of hydrogen-bond donors (Lipinski definition) is 2. The van der Waals surface area contributed by atoms with E-state index < -0.39 is 20.7 Å². The second kappa shape index (κ2) is 5.74. The number of sulfone groups is 1. The predicted molar refractivity (Wildman–Crippen MR) is 54.1 cm³/mol. The summed E-state index contributed by atoms with van der Waals surface area (Å²) in [7, 11) is -5.62. The highest BCUT2D eigenvalue weighted by atomic mass is 32.2. The third kappa shape index (κ3) is 6.58. The number of hydrogen-bond acceptors (Lipinski definition) is 4. The van der Waals surface area contributed by atoms with E-state index in [4.69, 9.17) is 8.42 Å². The van der Waals surface area contributed by atoms with Crippen LogP contribution in [-0.4, -0.2) is 23.1 Å². The van der Waals surface area contributed by atoms with Crippen LogP contribution in [-0.2, 0) is 20.7 Å². The van der Waals surface area contributed by atoms with Gasteiger partial charge in [0, 0.05) is 6.26 Å². The van der Waals surface area contributed by atoms with Gasteiger partial charge in [0.25, 0.3) is 0 Å². The molecule has 80 valence electrons. The average molecular weight is 237 g/mol. The van der Waals surface area contributed by atoms with Gasteiger partial charge in [-0.05, 0) is 12.1 Å². The average Bonchev–Trinajstić information content (AvgIpc) is 2.03. The topological polar surface area (TPSA) is 94.3 Å². The molecular weight excluding hydrogens is 226 g/mol. The van der Waals surface area contributed by atoms with Crippen LogP contribution in [0.2, 0.25) is 0 Å². The molecule has 7 heteroatoms. The summed E-state index contributed by atoms with van der Waals surface area (Å²) >= 11 is 0. The fourth-order valence-electron chi connectivity index (χ4n) is 0.668. The van der Waals surface area contributed by atoms with Crippen molar-refractivity contribution in [1.29, 1.82) is 0 Å². The zero-order valence-electron chi connectivity index (χ0n) is 7.45. The molecule has 0 amide bonds. The summed E-state index contributed by atoms with van der Waals surface area (Å²) in [6, 6.07) is 8.35. The van der Waals surface area contributed by atoms with Gasteiger partial charge < -0.3 is 0 Å². The quantitative estimate of drug-likeness (QED) is 0.647. The zero-order chi connectivity index (χ0) is 11.2. The van der Waals surface area contributed by atoms with Gasteiger partial charge in [-0.3, -0.25) is 0 Å². The molecule has 0 fully saturated rings. The lowest BCUT2D eigenvalue weighted by Crippen LogP contribution is -1.95. The Morgan fingerprint density at radius 3 is 1.71 bits per heavy atom. The van der Waals surface area contributed by atoms with Gasteiger partial charge in [-0.15, -0.1) is 0 Å². The summed E-state index contributed by atoms with van der Waals surface area (Å²) in [6.45, 7) is 0. The van der Waals surface area contributed by atoms with E-state index in [1.165, 1.54) is 6.26 Å². The predicted octanol–water partition coefficient (Wildman–Crippen LogP) is -0.438. The Bertz CT molecular complexity index is 428. The molecular formula is C7H11NO4S2. The fourth-order valence-corrected chi connectivity index (χ4v) is 1.32. The lowest BCUT2D eigenvalue weighted by Gasteiger charge is -1.93. The molecule has 0 saturated carbocycles. The number of nitrogens with two attached hydrogens (primary N) is 1. The fraction of sp³-hybridized carbons (Fsp3) is 0.143. The molecule has 0 radical (unpaired) electrons. The minimum atomic E-state index is -3.00. The van der Waals surface area contributed by atoms with Crippen molar-refractivity contribution in [3.8, 4) is 0 Å². The van der Waals surface area contributed by atoms with Crippen LogP contribution < -0.4 is 5.14 Å². The summed E-state index contributed by atoms with van der Waals surface area (Å²) in [4.78, 5) is 0.370. The van der Waals surface area contributed by atoms with Crippen molar-refractivity contribution >= 4 is 20.7 Å². The maximum atomic E-state index is 10.8. The van der Waals surface area contributed by atoms with Crippen molar-refractivity contribution in [1.82, 2.24) is 0 Å². The van der Waals surface area contributed by atoms with Crippen molar-refractivity contribution < 1.29 is 16.8 Å². The van der Waals surface area contributed by atoms with Crippen LogP contribution in [0, 0.1) is 0 Å². The maximum absolute atomic E-state index is 10.8. The van der Waals surface area contributed by atoms with E-state index in [2.05, 4.69) is 5.14 Å². The van der Waals surface area contributed by atoms with Crippen LogP contribution >= 0.6 is 0 Å². The van der Waals surface area contributed by atoms with Crippen molar-refractivity contribution in [3.63, 3.8) is 0 Å². The normalized spacial score (nSPS) is 10.5. The minimum absolute atomic E-state index is 0.370. The summed E-state index contributed by atoms with van der Waals surface area (Å²) in [5.74, 6) is 0. The highest BCUT2D eigenvalue weighted by Crippen LogP contribution is 2.05. The Labute approximate surface area is 84.6 Å². The van der Waals surface area contributed by atoms with Gasteiger partial charge >= 0.3 is 0 Å². The van der Waals surface area contributed by atoms with Crippen LogP contribution in [0.25, 0.3) is 0 Å². The molecule has 2 N–H and O–H groups in total. The Balaban J connectivity index is 0.000000364. The first-order chi connectivity index (χ1) is 6.34. The molecule has 14 heavy (non-hydrogen) atoms. The first-order valence-electron chi connectivity index (χ1n) is 3.48. The molecule has 0 saturated heterocycles. The Kier molecular flexibility index (Phi) is 5.36. The van der Waals surface area contributed by atoms with Crippen molar-refractivity contribution in [2.75, 3.05) is 6.26 Å². The third-order valence-corrected chi connectivity index (χ3v) is 2.30. The van der Waals surface area contributed by atoms with E-state index in [1.54, 1.807) is 30.3 Å². The van der Waals surface area contributed by atoms with Crippen LogP contribution in [0.3, 0.4) is 0 Å². The van der Waals surface area contributed by atoms with Gasteiger partial charge in [0.15, 0.2) is 20.7 Å². The van der Waals surface area contributed by atoms with Crippen LogP contribution in [0.4, 0.5) is 0 Å². The molecule has 0 aliphatic carbocycles. The van der Waals surface area contributed by atoms with Crippen LogP contribution in [0.15, 0.2) is 35.2 Å². The summed E-state index contributed by atoms with van der Waals surface area (Å²) in [6.07, 6.45) is 1.20. The Morgan fingerprint density at radius 2 is 1.50 bits per heavy atom. The molecule has 0 aromatic heterocycles. The van der Waals surface area contributed by atoms with Gasteiger partial charge in [0.1, 0.15) is 0 Å². The molecule has 0 aliphatic rings. The summed E-state index contributed by atoms with van der Waals surface area (Å²) in [5, 5.41) is 4.06. The Hall–Kier alpha value is -0.920. The molecule has 0 heterocycles. The molecule has 1 aromatic rings. The zero-order valence-corrected chi connectivity index (χ0v) is 9.16. The van der Waals surface area contributed by atoms with Crippen LogP contribution in [0.1, 0.15) is 0 Å². The smallest absolute Gasteiger partial charge is 0.198 e. The molecule has 0 spiro atoms. The number of rotatable bonds is 1. The van der Waals surface area contributed by atoms with E-state index in [0.29, 0.717) is 4.90 Å². The molecule has 0 aliphatic heterocycles. The third-order valence-electron chi connectivity index (χ3n) is 1.17. The summed E-state index contributed by atoms with van der Waals surface area (Å²) in [5.41, 5.74) is 0. The van der Waals surface area contributed by atoms with E-state index in [0.717, 1.165) is 0 Å². The molecule has 5 nitrogen and oxygen atoms in total. The van der Waals surface area contributed by atoms with Crippen LogP contribution in [0.5, 0.6) is 0 Å². The molecule has 0 atom stereocenters. The maximum Gasteiger partial charge on any atom is 0.198 e.